The summed E-state index contributed by atoms with van der Waals surface area (Å²) in [5, 5.41) is 3.32. The number of thioether (sulfide) groups is 1. The van der Waals surface area contributed by atoms with Crippen molar-refractivity contribution in [2.45, 2.75) is 17.1 Å². The van der Waals surface area contributed by atoms with Crippen molar-refractivity contribution in [3.8, 4) is 5.75 Å². The van der Waals surface area contributed by atoms with Gasteiger partial charge in [0.15, 0.2) is 0 Å². The van der Waals surface area contributed by atoms with Crippen LogP contribution in [0.4, 0.5) is 5.69 Å². The first kappa shape index (κ1) is 15.7. The third-order valence-electron chi connectivity index (χ3n) is 2.85. The van der Waals surface area contributed by atoms with Crippen LogP contribution in [0, 0.1) is 0 Å². The summed E-state index contributed by atoms with van der Waals surface area (Å²) < 4.78 is 5.11. The Hall–Kier alpha value is -1.65. The third-order valence-corrected chi connectivity index (χ3v) is 4.22. The van der Waals surface area contributed by atoms with Crippen LogP contribution in [-0.4, -0.2) is 18.3 Å². The van der Waals surface area contributed by atoms with Crippen molar-refractivity contribution in [2.24, 2.45) is 0 Å². The first-order valence-corrected chi connectivity index (χ1v) is 7.71. The molecule has 0 aliphatic carbocycles. The van der Waals surface area contributed by atoms with Crippen LogP contribution in [0.5, 0.6) is 5.75 Å². The first-order chi connectivity index (χ1) is 10.1. The van der Waals surface area contributed by atoms with Gasteiger partial charge >= 0.3 is 0 Å². The van der Waals surface area contributed by atoms with Crippen LogP contribution in [0.2, 0.25) is 5.02 Å². The van der Waals surface area contributed by atoms with Gasteiger partial charge in [-0.2, -0.15) is 0 Å². The molecule has 0 aliphatic heterocycles. The quantitative estimate of drug-likeness (QED) is 0.826. The Morgan fingerprint density at radius 1 is 1.14 bits per heavy atom. The van der Waals surface area contributed by atoms with Crippen molar-refractivity contribution in [2.75, 3.05) is 12.4 Å². The van der Waals surface area contributed by atoms with E-state index in [-0.39, 0.29) is 11.2 Å². The number of benzene rings is 2. The largest absolute Gasteiger partial charge is 0.497 e. The Labute approximate surface area is 133 Å². The zero-order valence-corrected chi connectivity index (χ0v) is 13.4. The lowest BCUT2D eigenvalue weighted by Gasteiger charge is -2.12. The summed E-state index contributed by atoms with van der Waals surface area (Å²) in [6.07, 6.45) is 0. The van der Waals surface area contributed by atoms with Crippen LogP contribution in [0.3, 0.4) is 0 Å². The van der Waals surface area contributed by atoms with Gasteiger partial charge in [-0.3, -0.25) is 4.79 Å². The number of ether oxygens (including phenoxy) is 1. The van der Waals surface area contributed by atoms with Gasteiger partial charge in [0.25, 0.3) is 0 Å². The molecule has 1 amide bonds. The molecule has 5 heteroatoms. The Balaban J connectivity index is 1.93. The second kappa shape index (κ2) is 7.38. The Kier molecular flexibility index (Phi) is 5.53. The Morgan fingerprint density at radius 3 is 2.33 bits per heavy atom. The molecule has 0 radical (unpaired) electrons. The van der Waals surface area contributed by atoms with Crippen molar-refractivity contribution >= 4 is 35.0 Å². The minimum Gasteiger partial charge on any atom is -0.497 e. The third kappa shape index (κ3) is 4.69. The number of anilines is 1. The van der Waals surface area contributed by atoms with Gasteiger partial charge in [-0.05, 0) is 55.5 Å². The smallest absolute Gasteiger partial charge is 0.237 e. The maximum atomic E-state index is 12.1. The second-order valence-corrected chi connectivity index (χ2v) is 6.28. The topological polar surface area (TPSA) is 38.3 Å². The van der Waals surface area contributed by atoms with Crippen molar-refractivity contribution in [3.63, 3.8) is 0 Å². The van der Waals surface area contributed by atoms with Gasteiger partial charge in [-0.25, -0.2) is 0 Å². The number of carbonyl (C=O) groups excluding carboxylic acids is 1. The van der Waals surface area contributed by atoms with Crippen LogP contribution in [0.25, 0.3) is 0 Å². The van der Waals surface area contributed by atoms with Crippen LogP contribution in [0.1, 0.15) is 6.92 Å². The number of amides is 1. The van der Waals surface area contributed by atoms with E-state index in [4.69, 9.17) is 16.3 Å². The van der Waals surface area contributed by atoms with Crippen molar-refractivity contribution in [1.29, 1.82) is 0 Å². The van der Waals surface area contributed by atoms with Crippen molar-refractivity contribution in [3.05, 3.63) is 53.6 Å². The van der Waals surface area contributed by atoms with E-state index in [1.165, 1.54) is 11.8 Å². The van der Waals surface area contributed by atoms with Crippen LogP contribution in [0.15, 0.2) is 53.4 Å². The lowest BCUT2D eigenvalue weighted by molar-refractivity contribution is -0.115. The minimum atomic E-state index is -0.200. The molecule has 0 bridgehead atoms. The zero-order valence-electron chi connectivity index (χ0n) is 11.8. The summed E-state index contributed by atoms with van der Waals surface area (Å²) in [6.45, 7) is 1.88. The molecule has 0 aromatic heterocycles. The molecule has 0 aliphatic rings. The number of hydrogen-bond acceptors (Lipinski definition) is 3. The van der Waals surface area contributed by atoms with Gasteiger partial charge in [0.1, 0.15) is 5.75 Å². The summed E-state index contributed by atoms with van der Waals surface area (Å²) in [5.74, 6) is 0.760. The second-order valence-electron chi connectivity index (χ2n) is 4.43. The molecule has 0 spiro atoms. The molecule has 0 heterocycles. The molecule has 1 atom stereocenters. The van der Waals surface area contributed by atoms with E-state index in [0.717, 1.165) is 16.3 Å². The molecule has 0 unspecified atom stereocenters. The van der Waals surface area contributed by atoms with E-state index in [0.29, 0.717) is 5.02 Å². The Bertz CT molecular complexity index is 599. The van der Waals surface area contributed by atoms with Gasteiger partial charge in [0.05, 0.1) is 12.4 Å². The molecule has 21 heavy (non-hydrogen) atoms. The van der Waals surface area contributed by atoms with Gasteiger partial charge in [-0.1, -0.05) is 11.6 Å². The SMILES string of the molecule is COc1ccc(S[C@H](C)C(=O)Nc2ccc(Cl)cc2)cc1. The predicted molar refractivity (Wildman–Crippen MR) is 88.4 cm³/mol. The van der Waals surface area contributed by atoms with E-state index in [9.17, 15) is 4.79 Å². The van der Waals surface area contributed by atoms with E-state index in [1.807, 2.05) is 31.2 Å². The van der Waals surface area contributed by atoms with E-state index >= 15 is 0 Å². The lowest BCUT2D eigenvalue weighted by atomic mass is 10.3. The van der Waals surface area contributed by atoms with Crippen LogP contribution >= 0.6 is 23.4 Å². The average Bonchev–Trinajstić information content (AvgIpc) is 2.50. The highest BCUT2D eigenvalue weighted by molar-refractivity contribution is 8.00. The van der Waals surface area contributed by atoms with Crippen molar-refractivity contribution in [1.82, 2.24) is 0 Å². The molecular formula is C16H16ClNO2S. The summed E-state index contributed by atoms with van der Waals surface area (Å²) in [6, 6.07) is 14.7. The number of methoxy groups -OCH3 is 1. The number of hydrogen-bond donors (Lipinski definition) is 1. The fourth-order valence-electron chi connectivity index (χ4n) is 1.69. The molecule has 0 saturated heterocycles. The van der Waals surface area contributed by atoms with E-state index in [1.54, 1.807) is 31.4 Å². The zero-order chi connectivity index (χ0) is 15.2. The van der Waals surface area contributed by atoms with Crippen LogP contribution in [-0.2, 0) is 4.79 Å². The van der Waals surface area contributed by atoms with Gasteiger partial charge in [0.2, 0.25) is 5.91 Å². The van der Waals surface area contributed by atoms with Gasteiger partial charge in [0, 0.05) is 15.6 Å². The molecule has 2 aromatic rings. The van der Waals surface area contributed by atoms with Gasteiger partial charge in [-0.15, -0.1) is 11.8 Å². The van der Waals surface area contributed by atoms with Crippen LogP contribution < -0.4 is 10.1 Å². The first-order valence-electron chi connectivity index (χ1n) is 6.45. The molecule has 2 rings (SSSR count). The van der Waals surface area contributed by atoms with E-state index < -0.39 is 0 Å². The Morgan fingerprint density at radius 2 is 1.76 bits per heavy atom. The molecule has 0 fully saturated rings. The minimum absolute atomic E-state index is 0.0434. The number of nitrogens with one attached hydrogen (secondary N) is 1. The average molecular weight is 322 g/mol. The molecule has 1 N–H and O–H groups in total. The molecular weight excluding hydrogens is 306 g/mol. The fraction of sp³-hybridized carbons (Fsp3) is 0.188. The van der Waals surface area contributed by atoms with Gasteiger partial charge < -0.3 is 10.1 Å². The number of rotatable bonds is 5. The highest BCUT2D eigenvalue weighted by Gasteiger charge is 2.14. The highest BCUT2D eigenvalue weighted by atomic mass is 35.5. The number of carbonyl (C=O) groups is 1. The molecule has 0 saturated carbocycles. The molecule has 110 valence electrons. The van der Waals surface area contributed by atoms with Crippen molar-refractivity contribution < 1.29 is 9.53 Å². The highest BCUT2D eigenvalue weighted by Crippen LogP contribution is 2.26. The monoisotopic (exact) mass is 321 g/mol. The summed E-state index contributed by atoms with van der Waals surface area (Å²) >= 11 is 7.32. The maximum absolute atomic E-state index is 12.1. The standard InChI is InChI=1S/C16H16ClNO2S/c1-11(21-15-9-7-14(20-2)8-10-15)16(19)18-13-5-3-12(17)4-6-13/h3-11H,1-2H3,(H,18,19)/t11-/m1/s1. The molecule has 2 aromatic carbocycles. The summed E-state index contributed by atoms with van der Waals surface area (Å²) in [4.78, 5) is 13.2. The fourth-order valence-corrected chi connectivity index (χ4v) is 2.68. The van der Waals surface area contributed by atoms with E-state index in [2.05, 4.69) is 5.32 Å². The number of halogens is 1. The maximum Gasteiger partial charge on any atom is 0.237 e. The predicted octanol–water partition coefficient (Wildman–Crippen LogP) is 4.47. The summed E-state index contributed by atoms with van der Waals surface area (Å²) in [7, 11) is 1.63. The lowest BCUT2D eigenvalue weighted by Crippen LogP contribution is -2.22. The normalized spacial score (nSPS) is 11.8. The molecule has 3 nitrogen and oxygen atoms in total. The summed E-state index contributed by atoms with van der Waals surface area (Å²) in [5.41, 5.74) is 0.742.